The maximum absolute atomic E-state index is 10.8. The van der Waals surface area contributed by atoms with Crippen LogP contribution in [0.5, 0.6) is 0 Å². The molecule has 12 heavy (non-hydrogen) atoms. The van der Waals surface area contributed by atoms with Crippen molar-refractivity contribution in [2.75, 3.05) is 20.1 Å². The van der Waals surface area contributed by atoms with E-state index in [9.17, 15) is 13.2 Å². The summed E-state index contributed by atoms with van der Waals surface area (Å²) in [4.78, 5) is 13.8. The van der Waals surface area contributed by atoms with Crippen LogP contribution in [0.2, 0.25) is 0 Å². The number of carbonyl (C=O) groups excluding carboxylic acids is 1. The van der Waals surface area contributed by atoms with Gasteiger partial charge in [-0.05, 0) is 0 Å². The Hall–Kier alpha value is -0.950. The fraction of sp³-hybridized carbons (Fsp3) is 0.600. The van der Waals surface area contributed by atoms with Crippen molar-refractivity contribution in [2.45, 2.75) is 0 Å². The first-order valence-electron chi connectivity index (χ1n) is 2.87. The van der Waals surface area contributed by atoms with Gasteiger partial charge in [0.05, 0.1) is 7.11 Å². The van der Waals surface area contributed by atoms with Gasteiger partial charge in [0.15, 0.2) is 9.84 Å². The number of ether oxygens (including phenoxy) is 1. The molecular formula is C5H9NO5S. The highest BCUT2D eigenvalue weighted by Gasteiger charge is 2.22. The van der Waals surface area contributed by atoms with Gasteiger partial charge in [0, 0.05) is 6.26 Å². The molecule has 0 amide bonds. The lowest BCUT2D eigenvalue weighted by molar-refractivity contribution is -0.132. The average molecular weight is 195 g/mol. The van der Waals surface area contributed by atoms with Crippen molar-refractivity contribution in [2.24, 2.45) is 4.99 Å². The van der Waals surface area contributed by atoms with Crippen molar-refractivity contribution >= 4 is 20.9 Å². The number of sulfone groups is 1. The van der Waals surface area contributed by atoms with Gasteiger partial charge in [-0.2, -0.15) is 0 Å². The van der Waals surface area contributed by atoms with Gasteiger partial charge in [-0.1, -0.05) is 0 Å². The average Bonchev–Trinajstić information content (AvgIpc) is 1.96. The summed E-state index contributed by atoms with van der Waals surface area (Å²) < 4.78 is 25.7. The van der Waals surface area contributed by atoms with E-state index in [-0.39, 0.29) is 0 Å². The first-order chi connectivity index (χ1) is 5.43. The lowest BCUT2D eigenvalue weighted by Gasteiger charge is -1.99. The number of rotatable bonds is 1. The predicted molar refractivity (Wildman–Crippen MR) is 41.4 cm³/mol. The standard InChI is InChI=1S/C5H9NO5S/c1-11-5(8)4(6-3-7)12(2,9)10/h7H,3H2,1-2H3. The summed E-state index contributed by atoms with van der Waals surface area (Å²) in [5.41, 5.74) is 0. The quantitative estimate of drug-likeness (QED) is 0.314. The Labute approximate surface area is 69.8 Å². The molecule has 0 unspecified atom stereocenters. The molecule has 0 aromatic carbocycles. The second kappa shape index (κ2) is 4.17. The largest absolute Gasteiger partial charge is 0.464 e. The second-order valence-electron chi connectivity index (χ2n) is 1.87. The molecule has 0 aliphatic heterocycles. The number of methoxy groups -OCH3 is 1. The van der Waals surface area contributed by atoms with Crippen LogP contribution in [0.4, 0.5) is 0 Å². The van der Waals surface area contributed by atoms with Crippen LogP contribution in [0.1, 0.15) is 0 Å². The molecule has 0 saturated carbocycles. The molecule has 0 aliphatic carbocycles. The van der Waals surface area contributed by atoms with Gasteiger partial charge in [-0.3, -0.25) is 0 Å². The molecular weight excluding hydrogens is 186 g/mol. The zero-order valence-electron chi connectivity index (χ0n) is 6.64. The fourth-order valence-corrected chi connectivity index (χ4v) is 1.16. The van der Waals surface area contributed by atoms with E-state index in [1.807, 2.05) is 0 Å². The predicted octanol–water partition coefficient (Wildman–Crippen LogP) is -1.45. The number of aliphatic imine (C=N–C) groups is 1. The number of carbonyl (C=O) groups is 1. The summed E-state index contributed by atoms with van der Waals surface area (Å²) in [5, 5.41) is 7.51. The minimum atomic E-state index is -3.72. The summed E-state index contributed by atoms with van der Waals surface area (Å²) in [6, 6.07) is 0. The Balaban J connectivity index is 4.96. The Bertz CT molecular complexity index is 291. The van der Waals surface area contributed by atoms with E-state index in [0.717, 1.165) is 13.4 Å². The summed E-state index contributed by atoms with van der Waals surface area (Å²) in [7, 11) is -2.69. The van der Waals surface area contributed by atoms with Crippen molar-refractivity contribution in [1.29, 1.82) is 0 Å². The molecule has 0 aliphatic rings. The van der Waals surface area contributed by atoms with Crippen molar-refractivity contribution in [3.63, 3.8) is 0 Å². The maximum Gasteiger partial charge on any atom is 0.368 e. The van der Waals surface area contributed by atoms with Gasteiger partial charge >= 0.3 is 5.97 Å². The van der Waals surface area contributed by atoms with E-state index in [0.29, 0.717) is 0 Å². The Morgan fingerprint density at radius 3 is 2.33 bits per heavy atom. The molecule has 70 valence electrons. The van der Waals surface area contributed by atoms with Crippen LogP contribution in [0.15, 0.2) is 4.99 Å². The molecule has 0 aromatic rings. The van der Waals surface area contributed by atoms with E-state index < -0.39 is 27.6 Å². The third-order valence-electron chi connectivity index (χ3n) is 0.926. The van der Waals surface area contributed by atoms with Gasteiger partial charge in [-0.25, -0.2) is 18.2 Å². The molecule has 0 fully saturated rings. The van der Waals surface area contributed by atoms with Crippen LogP contribution in [0, 0.1) is 0 Å². The normalized spacial score (nSPS) is 12.8. The topological polar surface area (TPSA) is 93.0 Å². The van der Waals surface area contributed by atoms with Crippen molar-refractivity contribution in [3.05, 3.63) is 0 Å². The lowest BCUT2D eigenvalue weighted by Crippen LogP contribution is -2.25. The van der Waals surface area contributed by atoms with Crippen LogP contribution < -0.4 is 0 Å². The van der Waals surface area contributed by atoms with Crippen LogP contribution >= 0.6 is 0 Å². The maximum atomic E-state index is 10.8. The molecule has 0 radical (unpaired) electrons. The van der Waals surface area contributed by atoms with Gasteiger partial charge < -0.3 is 9.84 Å². The SMILES string of the molecule is COC(=O)C(=NCO)S(C)(=O)=O. The first-order valence-corrected chi connectivity index (χ1v) is 4.76. The summed E-state index contributed by atoms with van der Waals surface area (Å²) in [6.07, 6.45) is 0.804. The number of aliphatic hydroxyl groups excluding tert-OH is 1. The highest BCUT2D eigenvalue weighted by Crippen LogP contribution is 1.93. The molecule has 0 bridgehead atoms. The Morgan fingerprint density at radius 2 is 2.08 bits per heavy atom. The lowest BCUT2D eigenvalue weighted by atomic mass is 10.7. The molecule has 1 N–H and O–H groups in total. The second-order valence-corrected chi connectivity index (χ2v) is 3.80. The number of hydrogen-bond donors (Lipinski definition) is 1. The molecule has 0 heterocycles. The van der Waals surface area contributed by atoms with Crippen LogP contribution in [0.25, 0.3) is 0 Å². The summed E-state index contributed by atoms with van der Waals surface area (Å²) >= 11 is 0. The van der Waals surface area contributed by atoms with Crippen LogP contribution in [-0.4, -0.2) is 44.6 Å². The number of hydrogen-bond acceptors (Lipinski definition) is 6. The monoisotopic (exact) mass is 195 g/mol. The molecule has 0 rings (SSSR count). The van der Waals surface area contributed by atoms with Gasteiger partial charge in [0.2, 0.25) is 5.04 Å². The van der Waals surface area contributed by atoms with Crippen molar-refractivity contribution in [3.8, 4) is 0 Å². The summed E-state index contributed by atoms with van der Waals surface area (Å²) in [5.74, 6) is -1.08. The van der Waals surface area contributed by atoms with E-state index in [1.54, 1.807) is 0 Å². The van der Waals surface area contributed by atoms with Gasteiger partial charge in [0.25, 0.3) is 0 Å². The Kier molecular flexibility index (Phi) is 3.84. The van der Waals surface area contributed by atoms with Gasteiger partial charge in [0.1, 0.15) is 6.73 Å². The van der Waals surface area contributed by atoms with Crippen molar-refractivity contribution in [1.82, 2.24) is 0 Å². The third kappa shape index (κ3) is 2.97. The number of esters is 1. The number of aliphatic hydroxyl groups is 1. The Morgan fingerprint density at radius 1 is 1.58 bits per heavy atom. The minimum Gasteiger partial charge on any atom is -0.464 e. The van der Waals surface area contributed by atoms with Crippen LogP contribution in [0.3, 0.4) is 0 Å². The van der Waals surface area contributed by atoms with Gasteiger partial charge in [-0.15, -0.1) is 0 Å². The molecule has 6 nitrogen and oxygen atoms in total. The fourth-order valence-electron chi connectivity index (χ4n) is 0.485. The highest BCUT2D eigenvalue weighted by atomic mass is 32.2. The highest BCUT2D eigenvalue weighted by molar-refractivity contribution is 8.07. The zero-order valence-corrected chi connectivity index (χ0v) is 7.46. The van der Waals surface area contributed by atoms with Crippen LogP contribution in [-0.2, 0) is 19.4 Å². The van der Waals surface area contributed by atoms with E-state index >= 15 is 0 Å². The molecule has 0 saturated heterocycles. The minimum absolute atomic E-state index is 0.766. The van der Waals surface area contributed by atoms with Crippen molar-refractivity contribution < 1.29 is 23.1 Å². The first kappa shape index (κ1) is 11.1. The van der Waals surface area contributed by atoms with E-state index in [4.69, 9.17) is 5.11 Å². The number of nitrogens with zero attached hydrogens (tertiary/aromatic N) is 1. The molecule has 7 heteroatoms. The zero-order chi connectivity index (χ0) is 9.78. The summed E-state index contributed by atoms with van der Waals surface area (Å²) in [6.45, 7) is -0.766. The smallest absolute Gasteiger partial charge is 0.368 e. The third-order valence-corrected chi connectivity index (χ3v) is 1.92. The van der Waals surface area contributed by atoms with E-state index in [2.05, 4.69) is 9.73 Å². The molecule has 0 aromatic heterocycles. The van der Waals surface area contributed by atoms with E-state index in [1.165, 1.54) is 0 Å². The molecule has 0 spiro atoms. The molecule has 0 atom stereocenters.